The van der Waals surface area contributed by atoms with E-state index >= 15 is 0 Å². The third kappa shape index (κ3) is 4.25. The average Bonchev–Trinajstić information content (AvgIpc) is 3.20. The number of hydrogen-bond acceptors (Lipinski definition) is 5. The van der Waals surface area contributed by atoms with Crippen LogP contribution in [0.15, 0.2) is 54.6 Å². The smallest absolute Gasteiger partial charge is 0.269 e. The second-order valence-corrected chi connectivity index (χ2v) is 7.71. The number of rotatable bonds is 7. The van der Waals surface area contributed by atoms with Crippen LogP contribution in [0.3, 0.4) is 0 Å². The summed E-state index contributed by atoms with van der Waals surface area (Å²) in [6.45, 7) is 2.22. The Hall–Kier alpha value is -3.38. The molecule has 0 radical (unpaired) electrons. The minimum absolute atomic E-state index is 0.0445. The van der Waals surface area contributed by atoms with E-state index in [1.165, 1.54) is 17.2 Å². The van der Waals surface area contributed by atoms with E-state index in [0.29, 0.717) is 11.5 Å². The Labute approximate surface area is 181 Å². The van der Waals surface area contributed by atoms with Gasteiger partial charge in [0.15, 0.2) is 0 Å². The van der Waals surface area contributed by atoms with Gasteiger partial charge in [-0.15, -0.1) is 0 Å². The summed E-state index contributed by atoms with van der Waals surface area (Å²) in [5, 5.41) is 11.4. The SMILES string of the molecule is COc1cc(-c2ccc([N+](=O)[O-])cc2COC2Cc3ccccc3C2)cc(OC)c1C. The van der Waals surface area contributed by atoms with Crippen molar-refractivity contribution in [3.8, 4) is 22.6 Å². The van der Waals surface area contributed by atoms with E-state index in [2.05, 4.69) is 12.1 Å². The molecule has 3 aromatic rings. The first kappa shape index (κ1) is 20.9. The van der Waals surface area contributed by atoms with Crippen LogP contribution in [0.1, 0.15) is 22.3 Å². The monoisotopic (exact) mass is 419 g/mol. The Morgan fingerprint density at radius 2 is 1.58 bits per heavy atom. The van der Waals surface area contributed by atoms with Crippen LogP contribution < -0.4 is 9.47 Å². The van der Waals surface area contributed by atoms with Gasteiger partial charge in [0, 0.05) is 17.7 Å². The van der Waals surface area contributed by atoms with Crippen molar-refractivity contribution < 1.29 is 19.1 Å². The van der Waals surface area contributed by atoms with Crippen LogP contribution in [0, 0.1) is 17.0 Å². The highest BCUT2D eigenvalue weighted by atomic mass is 16.6. The standard InChI is InChI=1S/C25H25NO5/c1-16-24(29-2)13-19(14-25(16)30-3)23-9-8-21(26(27)28)10-20(23)15-31-22-11-17-6-4-5-7-18(17)12-22/h4-10,13-14,22H,11-12,15H2,1-3H3. The highest BCUT2D eigenvalue weighted by molar-refractivity contribution is 5.73. The second-order valence-electron chi connectivity index (χ2n) is 7.71. The molecule has 1 aliphatic carbocycles. The molecule has 6 heteroatoms. The van der Waals surface area contributed by atoms with Gasteiger partial charge >= 0.3 is 0 Å². The normalized spacial score (nSPS) is 13.1. The van der Waals surface area contributed by atoms with E-state index in [0.717, 1.165) is 35.1 Å². The quantitative estimate of drug-likeness (QED) is 0.385. The summed E-state index contributed by atoms with van der Waals surface area (Å²) >= 11 is 0. The van der Waals surface area contributed by atoms with Gasteiger partial charge in [-0.2, -0.15) is 0 Å². The van der Waals surface area contributed by atoms with Crippen LogP contribution in [-0.2, 0) is 24.2 Å². The number of hydrogen-bond donors (Lipinski definition) is 0. The maximum atomic E-state index is 11.4. The van der Waals surface area contributed by atoms with Crippen LogP contribution in [-0.4, -0.2) is 25.2 Å². The van der Waals surface area contributed by atoms with E-state index in [1.807, 2.05) is 31.2 Å². The minimum Gasteiger partial charge on any atom is -0.496 e. The summed E-state index contributed by atoms with van der Waals surface area (Å²) in [5.41, 5.74) is 6.04. The zero-order valence-electron chi connectivity index (χ0n) is 17.9. The summed E-state index contributed by atoms with van der Waals surface area (Å²) < 4.78 is 17.2. The Kier molecular flexibility index (Phi) is 5.91. The zero-order chi connectivity index (χ0) is 22.0. The number of ether oxygens (including phenoxy) is 3. The number of benzene rings is 3. The highest BCUT2D eigenvalue weighted by Gasteiger charge is 2.23. The Bertz CT molecular complexity index is 1070. The summed E-state index contributed by atoms with van der Waals surface area (Å²) in [6, 6.07) is 17.1. The van der Waals surface area contributed by atoms with E-state index < -0.39 is 0 Å². The van der Waals surface area contributed by atoms with Crippen molar-refractivity contribution in [2.24, 2.45) is 0 Å². The fourth-order valence-corrected chi connectivity index (χ4v) is 4.18. The summed E-state index contributed by atoms with van der Waals surface area (Å²) in [4.78, 5) is 11.0. The molecule has 0 saturated heterocycles. The molecule has 160 valence electrons. The zero-order valence-corrected chi connectivity index (χ0v) is 17.9. The van der Waals surface area contributed by atoms with Crippen molar-refractivity contribution in [3.63, 3.8) is 0 Å². The lowest BCUT2D eigenvalue weighted by atomic mass is 9.97. The molecule has 0 amide bonds. The first-order valence-electron chi connectivity index (χ1n) is 10.2. The molecule has 6 nitrogen and oxygen atoms in total. The van der Waals surface area contributed by atoms with Gasteiger partial charge in [0.1, 0.15) is 11.5 Å². The van der Waals surface area contributed by atoms with Gasteiger partial charge in [-0.25, -0.2) is 0 Å². The van der Waals surface area contributed by atoms with Gasteiger partial charge in [-0.1, -0.05) is 24.3 Å². The molecule has 0 unspecified atom stereocenters. The molecule has 0 saturated carbocycles. The molecule has 0 N–H and O–H groups in total. The van der Waals surface area contributed by atoms with E-state index in [4.69, 9.17) is 14.2 Å². The molecule has 1 aliphatic rings. The number of methoxy groups -OCH3 is 2. The highest BCUT2D eigenvalue weighted by Crippen LogP contribution is 2.37. The van der Waals surface area contributed by atoms with E-state index in [1.54, 1.807) is 26.4 Å². The van der Waals surface area contributed by atoms with Crippen molar-refractivity contribution in [1.29, 1.82) is 0 Å². The fraction of sp³-hybridized carbons (Fsp3) is 0.280. The number of fused-ring (bicyclic) bond motifs is 1. The largest absolute Gasteiger partial charge is 0.496 e. The van der Waals surface area contributed by atoms with Crippen LogP contribution >= 0.6 is 0 Å². The molecule has 0 bridgehead atoms. The first-order valence-corrected chi connectivity index (χ1v) is 10.2. The first-order chi connectivity index (χ1) is 15.0. The molecule has 31 heavy (non-hydrogen) atoms. The van der Waals surface area contributed by atoms with E-state index in [-0.39, 0.29) is 23.3 Å². The Morgan fingerprint density at radius 3 is 2.13 bits per heavy atom. The van der Waals surface area contributed by atoms with Crippen molar-refractivity contribution in [1.82, 2.24) is 0 Å². The Balaban J connectivity index is 1.66. The van der Waals surface area contributed by atoms with Gasteiger partial charge in [-0.3, -0.25) is 10.1 Å². The number of nitrogens with zero attached hydrogens (tertiary/aromatic N) is 1. The second kappa shape index (κ2) is 8.78. The predicted octanol–water partition coefficient (Wildman–Crippen LogP) is 5.27. The van der Waals surface area contributed by atoms with Gasteiger partial charge in [-0.05, 0) is 65.8 Å². The van der Waals surface area contributed by atoms with Gasteiger partial charge in [0.2, 0.25) is 0 Å². The lowest BCUT2D eigenvalue weighted by Crippen LogP contribution is -2.13. The van der Waals surface area contributed by atoms with Crippen LogP contribution in [0.25, 0.3) is 11.1 Å². The van der Waals surface area contributed by atoms with Crippen LogP contribution in [0.2, 0.25) is 0 Å². The molecular formula is C25H25NO5. The molecule has 0 spiro atoms. The lowest BCUT2D eigenvalue weighted by molar-refractivity contribution is -0.384. The molecular weight excluding hydrogens is 394 g/mol. The molecule has 0 aliphatic heterocycles. The maximum Gasteiger partial charge on any atom is 0.269 e. The maximum absolute atomic E-state index is 11.4. The molecule has 4 rings (SSSR count). The lowest BCUT2D eigenvalue weighted by Gasteiger charge is -2.17. The van der Waals surface area contributed by atoms with Crippen molar-refractivity contribution in [2.45, 2.75) is 32.5 Å². The number of non-ortho nitro benzene ring substituents is 1. The van der Waals surface area contributed by atoms with Gasteiger partial charge < -0.3 is 14.2 Å². The summed E-state index contributed by atoms with van der Waals surface area (Å²) in [7, 11) is 3.23. The molecule has 0 fully saturated rings. The minimum atomic E-state index is -0.380. The average molecular weight is 419 g/mol. The fourth-order valence-electron chi connectivity index (χ4n) is 4.18. The third-order valence-electron chi connectivity index (χ3n) is 5.85. The molecule has 3 aromatic carbocycles. The van der Waals surface area contributed by atoms with Gasteiger partial charge in [0.05, 0.1) is 31.9 Å². The molecule has 0 heterocycles. The van der Waals surface area contributed by atoms with Gasteiger partial charge in [0.25, 0.3) is 5.69 Å². The summed E-state index contributed by atoms with van der Waals surface area (Å²) in [6.07, 6.45) is 1.77. The van der Waals surface area contributed by atoms with Crippen LogP contribution in [0.5, 0.6) is 11.5 Å². The van der Waals surface area contributed by atoms with Crippen molar-refractivity contribution >= 4 is 5.69 Å². The number of nitro benzene ring substituents is 1. The van der Waals surface area contributed by atoms with Crippen LogP contribution in [0.4, 0.5) is 5.69 Å². The predicted molar refractivity (Wildman–Crippen MR) is 119 cm³/mol. The van der Waals surface area contributed by atoms with Crippen molar-refractivity contribution in [2.75, 3.05) is 14.2 Å². The topological polar surface area (TPSA) is 70.8 Å². The van der Waals surface area contributed by atoms with E-state index in [9.17, 15) is 10.1 Å². The molecule has 0 atom stereocenters. The van der Waals surface area contributed by atoms with Crippen molar-refractivity contribution in [3.05, 3.63) is 87.0 Å². The third-order valence-corrected chi connectivity index (χ3v) is 5.85. The Morgan fingerprint density at radius 1 is 0.968 bits per heavy atom. The molecule has 0 aromatic heterocycles. The number of nitro groups is 1. The summed E-state index contributed by atoms with van der Waals surface area (Å²) in [5.74, 6) is 1.40.